The Labute approximate surface area is 96.6 Å². The van der Waals surface area contributed by atoms with Crippen molar-refractivity contribution in [2.75, 3.05) is 0 Å². The van der Waals surface area contributed by atoms with E-state index in [2.05, 4.69) is 5.10 Å². The van der Waals surface area contributed by atoms with Crippen molar-refractivity contribution < 1.29 is 14.9 Å². The number of rotatable bonds is 3. The molecule has 0 fully saturated rings. The van der Waals surface area contributed by atoms with E-state index in [0.717, 1.165) is 18.2 Å². The Morgan fingerprint density at radius 2 is 1.72 bits per heavy atom. The van der Waals surface area contributed by atoms with Crippen molar-refractivity contribution in [1.82, 2.24) is 9.89 Å². The van der Waals surface area contributed by atoms with Crippen molar-refractivity contribution in [2.24, 2.45) is 0 Å². The van der Waals surface area contributed by atoms with Crippen molar-refractivity contribution >= 4 is 22.4 Å². The highest BCUT2D eigenvalue weighted by atomic mass is 16.7. The molecule has 0 atom stereocenters. The van der Waals surface area contributed by atoms with E-state index in [1.807, 2.05) is 0 Å². The van der Waals surface area contributed by atoms with Gasteiger partial charge in [0, 0.05) is 6.07 Å². The minimum absolute atomic E-state index is 0.0195. The van der Waals surface area contributed by atoms with E-state index < -0.39 is 20.7 Å². The summed E-state index contributed by atoms with van der Waals surface area (Å²) in [6.07, 6.45) is 0. The summed E-state index contributed by atoms with van der Waals surface area (Å²) >= 11 is 0. The van der Waals surface area contributed by atoms with Crippen LogP contribution in [0.4, 0.5) is 11.5 Å². The second kappa shape index (κ2) is 3.73. The maximum absolute atomic E-state index is 10.7. The molecule has 0 amide bonds. The van der Waals surface area contributed by atoms with E-state index >= 15 is 0 Å². The SMILES string of the molecule is O=[N+]([O-])c1ccc2c([N+](=O)[O-])n([N+](=O)[O-])nc2c1. The molecule has 0 aliphatic rings. The van der Waals surface area contributed by atoms with Crippen molar-refractivity contribution in [1.29, 1.82) is 0 Å². The molecule has 11 nitrogen and oxygen atoms in total. The molecule has 18 heavy (non-hydrogen) atoms. The summed E-state index contributed by atoms with van der Waals surface area (Å²) < 4.78 is 0. The molecule has 0 N–H and O–H groups in total. The van der Waals surface area contributed by atoms with Crippen LogP contribution in [0.5, 0.6) is 0 Å². The fourth-order valence-corrected chi connectivity index (χ4v) is 1.45. The van der Waals surface area contributed by atoms with Crippen LogP contribution in [0.15, 0.2) is 18.2 Å². The molecule has 1 aromatic carbocycles. The zero-order chi connectivity index (χ0) is 13.4. The fourth-order valence-electron chi connectivity index (χ4n) is 1.45. The Kier molecular flexibility index (Phi) is 2.35. The number of hydrogen-bond donors (Lipinski definition) is 0. The summed E-state index contributed by atoms with van der Waals surface area (Å²) in [4.78, 5) is 30.1. The van der Waals surface area contributed by atoms with E-state index in [1.165, 1.54) is 0 Å². The first-order chi connectivity index (χ1) is 8.41. The number of hydrogen-bond acceptors (Lipinski definition) is 7. The van der Waals surface area contributed by atoms with Gasteiger partial charge in [-0.3, -0.25) is 10.1 Å². The lowest BCUT2D eigenvalue weighted by Crippen LogP contribution is -2.12. The standard InChI is InChI=1S/C7H3N5O6/c13-10(14)4-1-2-5-6(3-4)8-9(12(17)18)7(5)11(15)16/h1-3H. The average Bonchev–Trinajstić information content (AvgIpc) is 2.66. The van der Waals surface area contributed by atoms with Crippen LogP contribution in [0.1, 0.15) is 0 Å². The number of aromatic nitrogens is 2. The van der Waals surface area contributed by atoms with Gasteiger partial charge in [0.1, 0.15) is 15.5 Å². The predicted molar refractivity (Wildman–Crippen MR) is 55.4 cm³/mol. The number of nitrogens with zero attached hydrogens (tertiary/aromatic N) is 5. The van der Waals surface area contributed by atoms with Gasteiger partial charge in [0.05, 0.1) is 11.0 Å². The van der Waals surface area contributed by atoms with E-state index in [1.54, 1.807) is 0 Å². The van der Waals surface area contributed by atoms with Gasteiger partial charge in [-0.05, 0) is 11.0 Å². The van der Waals surface area contributed by atoms with Gasteiger partial charge >= 0.3 is 5.82 Å². The van der Waals surface area contributed by atoms with Crippen LogP contribution in [-0.4, -0.2) is 24.8 Å². The van der Waals surface area contributed by atoms with Gasteiger partial charge in [-0.15, -0.1) is 0 Å². The second-order valence-electron chi connectivity index (χ2n) is 3.17. The van der Waals surface area contributed by atoms with Crippen LogP contribution in [0, 0.1) is 30.3 Å². The molecule has 2 rings (SSSR count). The Balaban J connectivity index is 2.80. The van der Waals surface area contributed by atoms with Crippen LogP contribution in [0.2, 0.25) is 0 Å². The number of benzene rings is 1. The average molecular weight is 253 g/mol. The topological polar surface area (TPSA) is 147 Å². The highest BCUT2D eigenvalue weighted by Crippen LogP contribution is 2.28. The highest BCUT2D eigenvalue weighted by molar-refractivity contribution is 5.88. The van der Waals surface area contributed by atoms with Crippen LogP contribution in [0.25, 0.3) is 10.9 Å². The van der Waals surface area contributed by atoms with Crippen LogP contribution in [-0.2, 0) is 0 Å². The molecule has 1 heterocycles. The summed E-state index contributed by atoms with van der Waals surface area (Å²) in [7, 11) is 0. The largest absolute Gasteiger partial charge is 0.427 e. The smallest absolute Gasteiger partial charge is 0.358 e. The zero-order valence-electron chi connectivity index (χ0n) is 8.42. The third-order valence-electron chi connectivity index (χ3n) is 2.15. The molecule has 0 spiro atoms. The zero-order valence-corrected chi connectivity index (χ0v) is 8.42. The van der Waals surface area contributed by atoms with E-state index in [4.69, 9.17) is 0 Å². The van der Waals surface area contributed by atoms with Crippen LogP contribution >= 0.6 is 0 Å². The molecular formula is C7H3N5O6. The number of nitro groups is 3. The van der Waals surface area contributed by atoms with Gasteiger partial charge in [0.25, 0.3) is 5.69 Å². The van der Waals surface area contributed by atoms with Gasteiger partial charge in [-0.2, -0.15) is 0 Å². The van der Waals surface area contributed by atoms with Crippen molar-refractivity contribution in [3.05, 3.63) is 48.5 Å². The number of fused-ring (bicyclic) bond motifs is 1. The third kappa shape index (κ3) is 1.59. The maximum atomic E-state index is 10.7. The van der Waals surface area contributed by atoms with E-state index in [-0.39, 0.29) is 21.4 Å². The monoisotopic (exact) mass is 253 g/mol. The normalized spacial score (nSPS) is 10.4. The lowest BCUT2D eigenvalue weighted by atomic mass is 10.2. The highest BCUT2D eigenvalue weighted by Gasteiger charge is 2.32. The Hall–Kier alpha value is -3.11. The lowest BCUT2D eigenvalue weighted by molar-refractivity contribution is -0.569. The number of nitro benzene ring substituents is 1. The molecule has 11 heteroatoms. The Morgan fingerprint density at radius 1 is 1.06 bits per heavy atom. The number of non-ortho nitro benzene ring substituents is 1. The Bertz CT molecular complexity index is 691. The predicted octanol–water partition coefficient (Wildman–Crippen LogP) is 0.892. The van der Waals surface area contributed by atoms with Crippen LogP contribution < -0.4 is 0 Å². The summed E-state index contributed by atoms with van der Waals surface area (Å²) in [6, 6.07) is 3.00. The van der Waals surface area contributed by atoms with Gasteiger partial charge in [-0.25, -0.2) is 0 Å². The molecule has 1 aromatic heterocycles. The van der Waals surface area contributed by atoms with Crippen molar-refractivity contribution in [3.63, 3.8) is 0 Å². The molecular weight excluding hydrogens is 250 g/mol. The maximum Gasteiger partial charge on any atom is 0.427 e. The summed E-state index contributed by atoms with van der Waals surface area (Å²) in [6.45, 7) is 0. The Morgan fingerprint density at radius 3 is 2.22 bits per heavy atom. The van der Waals surface area contributed by atoms with Crippen molar-refractivity contribution in [2.45, 2.75) is 0 Å². The molecule has 0 bridgehead atoms. The first kappa shape index (κ1) is 11.4. The van der Waals surface area contributed by atoms with E-state index in [0.29, 0.717) is 0 Å². The van der Waals surface area contributed by atoms with Gasteiger partial charge < -0.3 is 20.2 Å². The summed E-state index contributed by atoms with van der Waals surface area (Å²) in [5.41, 5.74) is -0.544. The molecule has 0 radical (unpaired) electrons. The van der Waals surface area contributed by atoms with Crippen molar-refractivity contribution in [3.8, 4) is 0 Å². The molecule has 92 valence electrons. The molecule has 2 aromatic rings. The lowest BCUT2D eigenvalue weighted by Gasteiger charge is -1.91. The summed E-state index contributed by atoms with van der Waals surface area (Å²) in [5.74, 6) is -0.843. The van der Waals surface area contributed by atoms with Gasteiger partial charge in [0.15, 0.2) is 4.79 Å². The minimum atomic E-state index is -1.08. The first-order valence-corrected chi connectivity index (χ1v) is 4.38. The third-order valence-corrected chi connectivity index (χ3v) is 2.15. The van der Waals surface area contributed by atoms with Gasteiger partial charge in [0.2, 0.25) is 5.52 Å². The molecule has 0 saturated carbocycles. The molecule has 0 saturated heterocycles. The second-order valence-corrected chi connectivity index (χ2v) is 3.17. The van der Waals surface area contributed by atoms with Crippen LogP contribution in [0.3, 0.4) is 0 Å². The first-order valence-electron chi connectivity index (χ1n) is 4.38. The quantitative estimate of drug-likeness (QED) is 0.582. The minimum Gasteiger partial charge on any atom is -0.358 e. The summed E-state index contributed by atoms with van der Waals surface area (Å²) in [5, 5.41) is 33.9. The molecule has 0 aliphatic heterocycles. The molecule has 0 unspecified atom stereocenters. The van der Waals surface area contributed by atoms with E-state index in [9.17, 15) is 30.3 Å². The molecule has 0 aliphatic carbocycles. The van der Waals surface area contributed by atoms with Gasteiger partial charge in [-0.1, -0.05) is 0 Å². The fraction of sp³-hybridized carbons (Fsp3) is 0.